The molecule has 7 heteroatoms. The first-order valence-corrected chi connectivity index (χ1v) is 9.17. The van der Waals surface area contributed by atoms with Gasteiger partial charge in [-0.1, -0.05) is 28.9 Å². The van der Waals surface area contributed by atoms with E-state index < -0.39 is 0 Å². The fourth-order valence-electron chi connectivity index (χ4n) is 2.84. The van der Waals surface area contributed by atoms with Crippen LogP contribution in [0.4, 0.5) is 0 Å². The van der Waals surface area contributed by atoms with Gasteiger partial charge in [0.25, 0.3) is 5.91 Å². The van der Waals surface area contributed by atoms with Gasteiger partial charge in [-0.05, 0) is 56.1 Å². The molecule has 28 heavy (non-hydrogen) atoms. The second kappa shape index (κ2) is 8.91. The maximum atomic E-state index is 12.5. The summed E-state index contributed by atoms with van der Waals surface area (Å²) in [4.78, 5) is 14.6. The normalized spacial score (nSPS) is 12.0. The van der Waals surface area contributed by atoms with Crippen LogP contribution >= 0.6 is 11.6 Å². The zero-order valence-electron chi connectivity index (χ0n) is 16.0. The van der Waals surface area contributed by atoms with Crippen molar-refractivity contribution in [3.8, 4) is 17.1 Å². The molecule has 3 aromatic rings. The zero-order chi connectivity index (χ0) is 20.1. The Labute approximate surface area is 169 Å². The second-order valence-corrected chi connectivity index (χ2v) is 6.98. The quantitative estimate of drug-likeness (QED) is 0.649. The van der Waals surface area contributed by atoms with Gasteiger partial charge >= 0.3 is 0 Å². The average molecular weight is 400 g/mol. The Morgan fingerprint density at radius 1 is 1.18 bits per heavy atom. The van der Waals surface area contributed by atoms with Crippen molar-refractivity contribution in [3.05, 3.63) is 70.9 Å². The highest BCUT2D eigenvalue weighted by Gasteiger charge is 2.18. The van der Waals surface area contributed by atoms with Gasteiger partial charge in [0.2, 0.25) is 0 Å². The molecule has 3 rings (SSSR count). The summed E-state index contributed by atoms with van der Waals surface area (Å²) in [6.45, 7) is 0.432. The molecule has 6 nitrogen and oxygen atoms in total. The van der Waals surface area contributed by atoms with Crippen molar-refractivity contribution in [2.24, 2.45) is 0 Å². The topological polar surface area (TPSA) is 67.6 Å². The molecule has 0 saturated carbocycles. The first-order chi connectivity index (χ1) is 13.5. The number of rotatable bonds is 7. The van der Waals surface area contributed by atoms with Crippen molar-refractivity contribution < 1.29 is 14.1 Å². The number of hydrogen-bond acceptors (Lipinski definition) is 5. The summed E-state index contributed by atoms with van der Waals surface area (Å²) in [5, 5.41) is 7.44. The molecule has 0 aliphatic rings. The number of amides is 1. The number of halogens is 1. The van der Waals surface area contributed by atoms with E-state index in [1.54, 1.807) is 25.3 Å². The van der Waals surface area contributed by atoms with Crippen LogP contribution in [0.1, 0.15) is 22.1 Å². The summed E-state index contributed by atoms with van der Waals surface area (Å²) in [6.07, 6.45) is 0. The number of benzene rings is 2. The van der Waals surface area contributed by atoms with Gasteiger partial charge in [-0.15, -0.1) is 0 Å². The van der Waals surface area contributed by atoms with Crippen LogP contribution in [0.15, 0.2) is 59.1 Å². The Bertz CT molecular complexity index is 921. The minimum atomic E-state index is -0.288. The molecule has 0 aliphatic carbocycles. The van der Waals surface area contributed by atoms with Gasteiger partial charge in [-0.25, -0.2) is 0 Å². The van der Waals surface area contributed by atoms with Crippen LogP contribution in [0.3, 0.4) is 0 Å². The van der Waals surface area contributed by atoms with Crippen molar-refractivity contribution in [3.63, 3.8) is 0 Å². The monoisotopic (exact) mass is 399 g/mol. The number of ether oxygens (including phenoxy) is 1. The Kier molecular flexibility index (Phi) is 6.34. The fourth-order valence-corrected chi connectivity index (χ4v) is 2.96. The number of hydrogen-bond donors (Lipinski definition) is 1. The lowest BCUT2D eigenvalue weighted by Crippen LogP contribution is -2.34. The van der Waals surface area contributed by atoms with Crippen LogP contribution in [0.2, 0.25) is 5.02 Å². The molecule has 0 saturated heterocycles. The molecule has 0 aliphatic heterocycles. The third-order valence-corrected chi connectivity index (χ3v) is 4.70. The lowest BCUT2D eigenvalue weighted by atomic mass is 10.1. The third-order valence-electron chi connectivity index (χ3n) is 4.45. The van der Waals surface area contributed by atoms with E-state index in [1.807, 2.05) is 55.4 Å². The van der Waals surface area contributed by atoms with Crippen molar-refractivity contribution in [2.75, 3.05) is 27.7 Å². The van der Waals surface area contributed by atoms with Crippen LogP contribution in [-0.4, -0.2) is 43.7 Å². The molecular formula is C21H22ClN3O3. The van der Waals surface area contributed by atoms with Gasteiger partial charge < -0.3 is 19.5 Å². The van der Waals surface area contributed by atoms with Crippen LogP contribution in [0.5, 0.6) is 5.75 Å². The van der Waals surface area contributed by atoms with E-state index >= 15 is 0 Å². The molecule has 1 amide bonds. The van der Waals surface area contributed by atoms with E-state index in [1.165, 1.54) is 0 Å². The number of nitrogens with one attached hydrogen (secondary N) is 1. The van der Waals surface area contributed by atoms with Gasteiger partial charge in [0.05, 0.1) is 13.2 Å². The van der Waals surface area contributed by atoms with Gasteiger partial charge in [0, 0.05) is 23.2 Å². The maximum absolute atomic E-state index is 12.5. The number of nitrogens with zero attached hydrogens (tertiary/aromatic N) is 2. The summed E-state index contributed by atoms with van der Waals surface area (Å²) in [6, 6.07) is 16.6. The summed E-state index contributed by atoms with van der Waals surface area (Å²) < 4.78 is 10.5. The van der Waals surface area contributed by atoms with Crippen molar-refractivity contribution >= 4 is 17.5 Å². The van der Waals surface area contributed by atoms with E-state index in [9.17, 15) is 4.79 Å². The summed E-state index contributed by atoms with van der Waals surface area (Å²) in [5.41, 5.74) is 2.12. The predicted octanol–water partition coefficient (Wildman–Crippen LogP) is 4.04. The van der Waals surface area contributed by atoms with Crippen LogP contribution in [0, 0.1) is 0 Å². The molecule has 0 unspecified atom stereocenters. The maximum Gasteiger partial charge on any atom is 0.273 e. The second-order valence-electron chi connectivity index (χ2n) is 6.55. The van der Waals surface area contributed by atoms with Crippen LogP contribution in [0.25, 0.3) is 11.3 Å². The van der Waals surface area contributed by atoms with Gasteiger partial charge in [-0.2, -0.15) is 0 Å². The lowest BCUT2D eigenvalue weighted by molar-refractivity contribution is 0.0933. The molecule has 2 aromatic carbocycles. The Morgan fingerprint density at radius 2 is 1.86 bits per heavy atom. The smallest absolute Gasteiger partial charge is 0.273 e. The van der Waals surface area contributed by atoms with Crippen LogP contribution < -0.4 is 10.1 Å². The SMILES string of the molecule is COc1ccc([C@H](CNC(=O)c2cc(-c3ccc(Cl)cc3)on2)N(C)C)cc1. The molecule has 0 bridgehead atoms. The summed E-state index contributed by atoms with van der Waals surface area (Å²) in [7, 11) is 5.57. The third kappa shape index (κ3) is 4.71. The van der Waals surface area contributed by atoms with Crippen molar-refractivity contribution in [1.29, 1.82) is 0 Å². The summed E-state index contributed by atoms with van der Waals surface area (Å²) in [5.74, 6) is 1.02. The molecule has 1 N–H and O–H groups in total. The lowest BCUT2D eigenvalue weighted by Gasteiger charge is -2.25. The Hall–Kier alpha value is -2.83. The largest absolute Gasteiger partial charge is 0.497 e. The highest BCUT2D eigenvalue weighted by molar-refractivity contribution is 6.30. The minimum Gasteiger partial charge on any atom is -0.497 e. The predicted molar refractivity (Wildman–Crippen MR) is 109 cm³/mol. The van der Waals surface area contributed by atoms with Crippen LogP contribution in [-0.2, 0) is 0 Å². The van der Waals surface area contributed by atoms with E-state index in [0.717, 1.165) is 16.9 Å². The molecular weight excluding hydrogens is 378 g/mol. The first-order valence-electron chi connectivity index (χ1n) is 8.79. The Balaban J connectivity index is 1.67. The number of likely N-dealkylation sites (N-methyl/N-ethyl adjacent to an activating group) is 1. The molecule has 0 spiro atoms. The van der Waals surface area contributed by atoms with E-state index in [4.69, 9.17) is 20.9 Å². The first kappa shape index (κ1) is 19.9. The molecule has 1 aromatic heterocycles. The van der Waals surface area contributed by atoms with Gasteiger partial charge in [0.15, 0.2) is 11.5 Å². The minimum absolute atomic E-state index is 0.0116. The molecule has 0 radical (unpaired) electrons. The molecule has 1 atom stereocenters. The molecule has 0 fully saturated rings. The van der Waals surface area contributed by atoms with Gasteiger partial charge in [-0.3, -0.25) is 4.79 Å². The molecule has 1 heterocycles. The Morgan fingerprint density at radius 3 is 2.46 bits per heavy atom. The fraction of sp³-hybridized carbons (Fsp3) is 0.238. The van der Waals surface area contributed by atoms with E-state index in [2.05, 4.69) is 10.5 Å². The van der Waals surface area contributed by atoms with E-state index in [0.29, 0.717) is 17.3 Å². The standard InChI is InChI=1S/C21H22ClN3O3/c1-25(2)19(14-6-10-17(27-3)11-7-14)13-23-21(26)18-12-20(28-24-18)15-4-8-16(22)9-5-15/h4-12,19H,13H2,1-3H3,(H,23,26)/t19-/m0/s1. The number of carbonyl (C=O) groups is 1. The number of aromatic nitrogens is 1. The van der Waals surface area contributed by atoms with Gasteiger partial charge in [0.1, 0.15) is 5.75 Å². The summed E-state index contributed by atoms with van der Waals surface area (Å²) >= 11 is 5.90. The highest BCUT2D eigenvalue weighted by Crippen LogP contribution is 2.23. The highest BCUT2D eigenvalue weighted by atomic mass is 35.5. The van der Waals surface area contributed by atoms with E-state index in [-0.39, 0.29) is 17.6 Å². The number of methoxy groups -OCH3 is 1. The van der Waals surface area contributed by atoms with Crippen molar-refractivity contribution in [2.45, 2.75) is 6.04 Å². The number of carbonyl (C=O) groups excluding carboxylic acids is 1. The zero-order valence-corrected chi connectivity index (χ0v) is 16.7. The van der Waals surface area contributed by atoms with Crippen molar-refractivity contribution in [1.82, 2.24) is 15.4 Å². The molecule has 146 valence electrons. The average Bonchev–Trinajstić information content (AvgIpc) is 3.19.